The fraction of sp³-hybridized carbons (Fsp3) is 0.500. The van der Waals surface area contributed by atoms with Crippen LogP contribution in [0.15, 0.2) is 42.5 Å². The molecule has 0 spiro atoms. The molecular formula is C26H33F4N3O3. The maximum Gasteiger partial charge on any atom is 0.573 e. The summed E-state index contributed by atoms with van der Waals surface area (Å²) in [4.78, 5) is 16.9. The number of urea groups is 1. The van der Waals surface area contributed by atoms with E-state index >= 15 is 0 Å². The second kappa shape index (κ2) is 12.3. The lowest BCUT2D eigenvalue weighted by Gasteiger charge is -2.37. The molecule has 10 heteroatoms. The first-order chi connectivity index (χ1) is 17.0. The van der Waals surface area contributed by atoms with Crippen molar-refractivity contribution in [3.63, 3.8) is 0 Å². The molecule has 0 bridgehead atoms. The van der Waals surface area contributed by atoms with E-state index in [1.807, 2.05) is 31.3 Å². The summed E-state index contributed by atoms with van der Waals surface area (Å²) < 4.78 is 62.2. The van der Waals surface area contributed by atoms with Crippen LogP contribution in [-0.2, 0) is 13.1 Å². The first-order valence-electron chi connectivity index (χ1n) is 12.0. The molecule has 0 unspecified atom stereocenters. The number of likely N-dealkylation sites (tertiary alicyclic amines) is 1. The number of hydrogen-bond donors (Lipinski definition) is 1. The van der Waals surface area contributed by atoms with Crippen LogP contribution in [0.2, 0.25) is 0 Å². The number of carbonyl (C=O) groups is 1. The van der Waals surface area contributed by atoms with Gasteiger partial charge < -0.3 is 24.6 Å². The van der Waals surface area contributed by atoms with Gasteiger partial charge in [-0.05, 0) is 62.7 Å². The molecule has 0 aromatic heterocycles. The Morgan fingerprint density at radius 3 is 2.42 bits per heavy atom. The molecule has 6 nitrogen and oxygen atoms in total. The van der Waals surface area contributed by atoms with E-state index in [2.05, 4.69) is 28.8 Å². The summed E-state index contributed by atoms with van der Waals surface area (Å²) in [5.41, 5.74) is 0.931. The minimum atomic E-state index is -4.98. The van der Waals surface area contributed by atoms with Crippen molar-refractivity contribution in [2.75, 3.05) is 26.7 Å². The van der Waals surface area contributed by atoms with Gasteiger partial charge in [-0.15, -0.1) is 13.2 Å². The lowest BCUT2D eigenvalue weighted by atomic mass is 10.0. The van der Waals surface area contributed by atoms with Crippen molar-refractivity contribution < 1.29 is 31.8 Å². The lowest BCUT2D eigenvalue weighted by molar-refractivity contribution is -0.275. The van der Waals surface area contributed by atoms with Crippen molar-refractivity contribution in [1.82, 2.24) is 15.1 Å². The highest BCUT2D eigenvalue weighted by atomic mass is 19.4. The van der Waals surface area contributed by atoms with E-state index in [9.17, 15) is 22.4 Å². The van der Waals surface area contributed by atoms with Crippen molar-refractivity contribution in [3.05, 3.63) is 59.4 Å². The number of ether oxygens (including phenoxy) is 2. The van der Waals surface area contributed by atoms with Crippen molar-refractivity contribution in [2.45, 2.75) is 52.2 Å². The molecule has 198 valence electrons. The standard InChI is InChI=1S/C26H33F4N3O3/c1-18(2)17-35-23-8-4-19(5-9-23)15-31-25(34)33(22-10-12-32(3)13-11-22)16-20-6-7-21(27)14-24(20)36-26(28,29)30/h4-9,14,18,22H,10-13,15-17H2,1-3H3,(H,31,34). The average molecular weight is 512 g/mol. The molecular weight excluding hydrogens is 478 g/mol. The molecule has 3 rings (SSSR count). The van der Waals surface area contributed by atoms with Crippen molar-refractivity contribution in [3.8, 4) is 11.5 Å². The Morgan fingerprint density at radius 1 is 1.14 bits per heavy atom. The van der Waals surface area contributed by atoms with Crippen LogP contribution in [0.1, 0.15) is 37.8 Å². The normalized spacial score (nSPS) is 15.1. The third-order valence-corrected chi connectivity index (χ3v) is 5.94. The number of piperidine rings is 1. The van der Waals surface area contributed by atoms with Crippen LogP contribution in [0.5, 0.6) is 11.5 Å². The maximum absolute atomic E-state index is 13.7. The molecule has 1 aliphatic rings. The maximum atomic E-state index is 13.7. The number of carbonyl (C=O) groups excluding carboxylic acids is 1. The van der Waals surface area contributed by atoms with Crippen LogP contribution in [0.4, 0.5) is 22.4 Å². The van der Waals surface area contributed by atoms with E-state index in [-0.39, 0.29) is 24.7 Å². The zero-order chi connectivity index (χ0) is 26.3. The summed E-state index contributed by atoms with van der Waals surface area (Å²) in [5, 5.41) is 2.87. The summed E-state index contributed by atoms with van der Waals surface area (Å²) in [6, 6.07) is 9.75. The predicted molar refractivity (Wildman–Crippen MR) is 128 cm³/mol. The SMILES string of the molecule is CC(C)COc1ccc(CNC(=O)N(Cc2ccc(F)cc2OC(F)(F)F)C2CCN(C)CC2)cc1. The fourth-order valence-electron chi connectivity index (χ4n) is 3.98. The number of benzene rings is 2. The molecule has 0 aliphatic carbocycles. The van der Waals surface area contributed by atoms with E-state index in [1.54, 1.807) is 0 Å². The molecule has 2 amide bonds. The molecule has 1 saturated heterocycles. The zero-order valence-corrected chi connectivity index (χ0v) is 20.8. The van der Waals surface area contributed by atoms with Crippen LogP contribution >= 0.6 is 0 Å². The van der Waals surface area contributed by atoms with Gasteiger partial charge in [-0.2, -0.15) is 0 Å². The van der Waals surface area contributed by atoms with Gasteiger partial charge in [0.25, 0.3) is 0 Å². The van der Waals surface area contributed by atoms with E-state index in [4.69, 9.17) is 4.74 Å². The highest BCUT2D eigenvalue weighted by Crippen LogP contribution is 2.30. The summed E-state index contributed by atoms with van der Waals surface area (Å²) in [7, 11) is 1.98. The van der Waals surface area contributed by atoms with Gasteiger partial charge in [0.15, 0.2) is 0 Å². The van der Waals surface area contributed by atoms with Crippen molar-refractivity contribution in [2.24, 2.45) is 5.92 Å². The van der Waals surface area contributed by atoms with Crippen LogP contribution in [0.25, 0.3) is 0 Å². The second-order valence-corrected chi connectivity index (χ2v) is 9.47. The van der Waals surface area contributed by atoms with Crippen molar-refractivity contribution in [1.29, 1.82) is 0 Å². The van der Waals surface area contributed by atoms with E-state index in [1.165, 1.54) is 11.0 Å². The Kier molecular flexibility index (Phi) is 9.42. The van der Waals surface area contributed by atoms with Gasteiger partial charge in [0.2, 0.25) is 0 Å². The molecule has 1 fully saturated rings. The highest BCUT2D eigenvalue weighted by molar-refractivity contribution is 5.74. The Morgan fingerprint density at radius 2 is 1.81 bits per heavy atom. The van der Waals surface area contributed by atoms with Gasteiger partial charge >= 0.3 is 12.4 Å². The molecule has 0 atom stereocenters. The summed E-state index contributed by atoms with van der Waals surface area (Å²) in [5.74, 6) is -0.364. The van der Waals surface area contributed by atoms with E-state index < -0.39 is 24.0 Å². The summed E-state index contributed by atoms with van der Waals surface area (Å²) >= 11 is 0. The van der Waals surface area contributed by atoms with Gasteiger partial charge in [-0.25, -0.2) is 9.18 Å². The third kappa shape index (κ3) is 8.58. The molecule has 1 aliphatic heterocycles. The topological polar surface area (TPSA) is 54.0 Å². The van der Waals surface area contributed by atoms with Gasteiger partial charge in [-0.3, -0.25) is 0 Å². The number of hydrogen-bond acceptors (Lipinski definition) is 4. The second-order valence-electron chi connectivity index (χ2n) is 9.47. The predicted octanol–water partition coefficient (Wildman–Crippen LogP) is 5.57. The number of halogens is 4. The molecule has 1 heterocycles. The van der Waals surface area contributed by atoms with Crippen LogP contribution in [0, 0.1) is 11.7 Å². The smallest absolute Gasteiger partial charge is 0.493 e. The Balaban J connectivity index is 1.73. The van der Waals surface area contributed by atoms with Gasteiger partial charge in [0.1, 0.15) is 17.3 Å². The molecule has 0 saturated carbocycles. The summed E-state index contributed by atoms with van der Waals surface area (Å²) in [6.07, 6.45) is -3.64. The first kappa shape index (κ1) is 27.6. The number of alkyl halides is 3. The molecule has 2 aromatic carbocycles. The summed E-state index contributed by atoms with van der Waals surface area (Å²) in [6.45, 7) is 6.32. The fourth-order valence-corrected chi connectivity index (χ4v) is 3.98. The number of amides is 2. The minimum Gasteiger partial charge on any atom is -0.493 e. The Labute approximate surface area is 209 Å². The quantitative estimate of drug-likeness (QED) is 0.448. The largest absolute Gasteiger partial charge is 0.573 e. The third-order valence-electron chi connectivity index (χ3n) is 5.94. The van der Waals surface area contributed by atoms with Crippen molar-refractivity contribution >= 4 is 6.03 Å². The van der Waals surface area contributed by atoms with Gasteiger partial charge in [0.05, 0.1) is 13.2 Å². The average Bonchev–Trinajstić information content (AvgIpc) is 2.81. The highest BCUT2D eigenvalue weighted by Gasteiger charge is 2.34. The Hall–Kier alpha value is -3.01. The first-order valence-corrected chi connectivity index (χ1v) is 12.0. The molecule has 0 radical (unpaired) electrons. The Bertz CT molecular complexity index is 991. The van der Waals surface area contributed by atoms with Crippen LogP contribution in [0.3, 0.4) is 0 Å². The monoisotopic (exact) mass is 511 g/mol. The lowest BCUT2D eigenvalue weighted by Crippen LogP contribution is -2.49. The van der Waals surface area contributed by atoms with E-state index in [0.29, 0.717) is 31.4 Å². The van der Waals surface area contributed by atoms with Gasteiger partial charge in [0, 0.05) is 24.2 Å². The number of nitrogens with zero attached hydrogens (tertiary/aromatic N) is 2. The zero-order valence-electron chi connectivity index (χ0n) is 20.8. The van der Waals surface area contributed by atoms with Gasteiger partial charge in [-0.1, -0.05) is 32.0 Å². The number of rotatable bonds is 9. The minimum absolute atomic E-state index is 0.0782. The molecule has 2 aromatic rings. The van der Waals surface area contributed by atoms with Crippen LogP contribution in [-0.4, -0.2) is 55.0 Å². The molecule has 36 heavy (non-hydrogen) atoms. The van der Waals surface area contributed by atoms with E-state index in [0.717, 1.165) is 30.5 Å². The molecule has 1 N–H and O–H groups in total. The van der Waals surface area contributed by atoms with Crippen LogP contribution < -0.4 is 14.8 Å². The number of nitrogens with one attached hydrogen (secondary N) is 1.